The average Bonchev–Trinajstić information content (AvgIpc) is 2.75. The van der Waals surface area contributed by atoms with Gasteiger partial charge in [-0.25, -0.2) is 9.78 Å². The molecular weight excluding hydrogens is 430 g/mol. The van der Waals surface area contributed by atoms with E-state index in [-0.39, 0.29) is 23.5 Å². The molecule has 3 amide bonds. The molecule has 1 aromatic heterocycles. The fourth-order valence-corrected chi connectivity index (χ4v) is 3.66. The number of carbonyl (C=O) groups is 2. The zero-order valence-electron chi connectivity index (χ0n) is 19.7. The molecule has 2 rings (SSSR count). The molecule has 1 atom stereocenters. The second-order valence-corrected chi connectivity index (χ2v) is 8.19. The molecule has 0 aliphatic heterocycles. The van der Waals surface area contributed by atoms with Crippen molar-refractivity contribution in [1.29, 1.82) is 0 Å². The summed E-state index contributed by atoms with van der Waals surface area (Å²) in [6, 6.07) is 9.76. The Hall–Kier alpha value is -3.23. The molecule has 0 fully saturated rings. The first-order valence-electron chi connectivity index (χ1n) is 10.9. The van der Waals surface area contributed by atoms with E-state index in [9.17, 15) is 18.4 Å². The Kier molecular flexibility index (Phi) is 9.57. The number of anilines is 2. The van der Waals surface area contributed by atoms with Crippen LogP contribution < -0.4 is 15.0 Å². The molecule has 0 aliphatic carbocycles. The van der Waals surface area contributed by atoms with Gasteiger partial charge in [0.05, 0.1) is 6.04 Å². The third kappa shape index (κ3) is 7.13. The smallest absolute Gasteiger partial charge is 0.388 e. The van der Waals surface area contributed by atoms with Crippen LogP contribution in [0.4, 0.5) is 25.0 Å². The zero-order valence-corrected chi connectivity index (χ0v) is 19.7. The van der Waals surface area contributed by atoms with Crippen LogP contribution in [-0.4, -0.2) is 48.6 Å². The van der Waals surface area contributed by atoms with Crippen molar-refractivity contribution in [2.24, 2.45) is 0 Å². The number of nitrogens with one attached hydrogen (secondary N) is 1. The number of halogens is 2. The van der Waals surface area contributed by atoms with E-state index in [1.807, 2.05) is 45.0 Å². The summed E-state index contributed by atoms with van der Waals surface area (Å²) >= 11 is 0. The standard InChI is InChI=1S/C24H32F2N4O3/c1-6-9-18(14-29(5)15-31)30(21-11-8-7-10-19(21)16(2)3)24(32)28-20-13-12-17(4)27-22(20)33-23(25)26/h7-8,10-13,15-16,18,23H,6,9,14H2,1-5H3,(H,28,32). The highest BCUT2D eigenvalue weighted by Gasteiger charge is 2.29. The van der Waals surface area contributed by atoms with Crippen LogP contribution in [-0.2, 0) is 4.79 Å². The first-order valence-corrected chi connectivity index (χ1v) is 10.9. The Morgan fingerprint density at radius 1 is 1.21 bits per heavy atom. The Bertz CT molecular complexity index is 940. The maximum absolute atomic E-state index is 13.6. The van der Waals surface area contributed by atoms with Gasteiger partial charge in [-0.1, -0.05) is 45.4 Å². The van der Waals surface area contributed by atoms with E-state index in [0.717, 1.165) is 12.0 Å². The van der Waals surface area contributed by atoms with E-state index in [0.29, 0.717) is 30.8 Å². The molecule has 33 heavy (non-hydrogen) atoms. The molecule has 1 unspecified atom stereocenters. The summed E-state index contributed by atoms with van der Waals surface area (Å²) in [5.41, 5.74) is 2.16. The van der Waals surface area contributed by atoms with Gasteiger partial charge in [-0.15, -0.1) is 0 Å². The molecule has 1 aromatic carbocycles. The minimum absolute atomic E-state index is 0.0388. The predicted octanol–water partition coefficient (Wildman–Crippen LogP) is 5.41. The fourth-order valence-electron chi connectivity index (χ4n) is 3.66. The number of alkyl halides is 2. The normalized spacial score (nSPS) is 11.9. The quantitative estimate of drug-likeness (QED) is 0.453. The van der Waals surface area contributed by atoms with E-state index in [1.54, 1.807) is 24.9 Å². The molecule has 2 aromatic rings. The van der Waals surface area contributed by atoms with Gasteiger partial charge in [0.25, 0.3) is 0 Å². The first kappa shape index (κ1) is 26.0. The molecule has 0 spiro atoms. The lowest BCUT2D eigenvalue weighted by Crippen LogP contribution is -2.48. The van der Waals surface area contributed by atoms with Crippen LogP contribution in [0.2, 0.25) is 0 Å². The van der Waals surface area contributed by atoms with Crippen molar-refractivity contribution in [1.82, 2.24) is 9.88 Å². The summed E-state index contributed by atoms with van der Waals surface area (Å²) in [5.74, 6) is -0.228. The van der Waals surface area contributed by atoms with Crippen LogP contribution >= 0.6 is 0 Å². The Morgan fingerprint density at radius 2 is 1.91 bits per heavy atom. The maximum Gasteiger partial charge on any atom is 0.388 e. The number of hydrogen-bond donors (Lipinski definition) is 1. The summed E-state index contributed by atoms with van der Waals surface area (Å²) < 4.78 is 30.4. The van der Waals surface area contributed by atoms with E-state index < -0.39 is 12.6 Å². The van der Waals surface area contributed by atoms with Gasteiger partial charge in [0, 0.05) is 25.0 Å². The number of rotatable bonds is 11. The van der Waals surface area contributed by atoms with Gasteiger partial charge in [0.15, 0.2) is 0 Å². The lowest BCUT2D eigenvalue weighted by Gasteiger charge is -2.35. The second kappa shape index (κ2) is 12.1. The summed E-state index contributed by atoms with van der Waals surface area (Å²) in [6.07, 6.45) is 2.12. The Morgan fingerprint density at radius 3 is 2.52 bits per heavy atom. The van der Waals surface area contributed by atoms with E-state index in [1.165, 1.54) is 11.0 Å². The van der Waals surface area contributed by atoms with Crippen LogP contribution in [0.25, 0.3) is 0 Å². The predicted molar refractivity (Wildman–Crippen MR) is 125 cm³/mol. The monoisotopic (exact) mass is 462 g/mol. The molecule has 180 valence electrons. The Labute approximate surface area is 193 Å². The molecule has 0 saturated carbocycles. The van der Waals surface area contributed by atoms with Crippen molar-refractivity contribution < 1.29 is 23.1 Å². The van der Waals surface area contributed by atoms with Crippen molar-refractivity contribution >= 4 is 23.8 Å². The number of hydrogen-bond acceptors (Lipinski definition) is 4. The van der Waals surface area contributed by atoms with Crippen LogP contribution in [0, 0.1) is 6.92 Å². The average molecular weight is 463 g/mol. The molecule has 0 aliphatic rings. The maximum atomic E-state index is 13.6. The number of benzene rings is 1. The third-order valence-corrected chi connectivity index (χ3v) is 5.14. The summed E-state index contributed by atoms with van der Waals surface area (Å²) in [4.78, 5) is 32.0. The number of carbonyl (C=O) groups excluding carboxylic acids is 2. The van der Waals surface area contributed by atoms with Crippen LogP contribution in [0.1, 0.15) is 50.8 Å². The van der Waals surface area contributed by atoms with Gasteiger partial charge in [-0.05, 0) is 43.0 Å². The van der Waals surface area contributed by atoms with Gasteiger partial charge in [0.1, 0.15) is 5.69 Å². The zero-order chi connectivity index (χ0) is 24.5. The molecule has 0 radical (unpaired) electrons. The highest BCUT2D eigenvalue weighted by molar-refractivity contribution is 6.03. The summed E-state index contributed by atoms with van der Waals surface area (Å²) in [6.45, 7) is 4.92. The third-order valence-electron chi connectivity index (χ3n) is 5.14. The molecule has 0 bridgehead atoms. The Balaban J connectivity index is 2.54. The SMILES string of the molecule is CCCC(CN(C)C=O)N(C(=O)Nc1ccc(C)nc1OC(F)F)c1ccccc1C(C)C. The van der Waals surface area contributed by atoms with Crippen molar-refractivity contribution in [3.8, 4) is 5.88 Å². The van der Waals surface area contributed by atoms with E-state index in [2.05, 4.69) is 15.0 Å². The lowest BCUT2D eigenvalue weighted by atomic mass is 9.98. The number of urea groups is 1. The highest BCUT2D eigenvalue weighted by atomic mass is 19.3. The summed E-state index contributed by atoms with van der Waals surface area (Å²) in [5, 5.41) is 2.70. The van der Waals surface area contributed by atoms with Gasteiger partial charge >= 0.3 is 12.6 Å². The first-order chi connectivity index (χ1) is 15.7. The van der Waals surface area contributed by atoms with Crippen molar-refractivity contribution in [2.45, 2.75) is 59.1 Å². The largest absolute Gasteiger partial charge is 0.415 e. The number of ether oxygens (including phenoxy) is 1. The number of likely N-dealkylation sites (N-methyl/N-ethyl adjacent to an activating group) is 1. The van der Waals surface area contributed by atoms with Crippen molar-refractivity contribution in [3.63, 3.8) is 0 Å². The molecule has 1 N–H and O–H groups in total. The minimum Gasteiger partial charge on any atom is -0.415 e. The fraction of sp³-hybridized carbons (Fsp3) is 0.458. The summed E-state index contributed by atoms with van der Waals surface area (Å²) in [7, 11) is 1.65. The van der Waals surface area contributed by atoms with Gasteiger partial charge in [0.2, 0.25) is 12.3 Å². The number of aryl methyl sites for hydroxylation is 1. The number of aromatic nitrogens is 1. The number of amides is 3. The molecule has 1 heterocycles. The molecule has 9 heteroatoms. The van der Waals surface area contributed by atoms with E-state index >= 15 is 0 Å². The van der Waals surface area contributed by atoms with Crippen molar-refractivity contribution in [2.75, 3.05) is 23.8 Å². The topological polar surface area (TPSA) is 74.8 Å². The van der Waals surface area contributed by atoms with Gasteiger partial charge in [-0.2, -0.15) is 8.78 Å². The van der Waals surface area contributed by atoms with Crippen LogP contribution in [0.5, 0.6) is 5.88 Å². The minimum atomic E-state index is -3.08. The van der Waals surface area contributed by atoms with Crippen molar-refractivity contribution in [3.05, 3.63) is 47.7 Å². The van der Waals surface area contributed by atoms with Crippen LogP contribution in [0.3, 0.4) is 0 Å². The molecule has 7 nitrogen and oxygen atoms in total. The molecular formula is C24H32F2N4O3. The molecule has 0 saturated heterocycles. The lowest BCUT2D eigenvalue weighted by molar-refractivity contribution is -0.117. The highest BCUT2D eigenvalue weighted by Crippen LogP contribution is 2.32. The number of pyridine rings is 1. The second-order valence-electron chi connectivity index (χ2n) is 8.19. The van der Waals surface area contributed by atoms with Crippen LogP contribution in [0.15, 0.2) is 36.4 Å². The van der Waals surface area contributed by atoms with E-state index in [4.69, 9.17) is 0 Å². The van der Waals surface area contributed by atoms with Gasteiger partial charge in [-0.3, -0.25) is 9.69 Å². The van der Waals surface area contributed by atoms with Gasteiger partial charge < -0.3 is 15.0 Å². The number of nitrogens with zero attached hydrogens (tertiary/aromatic N) is 3. The number of para-hydroxylation sites is 1.